The summed E-state index contributed by atoms with van der Waals surface area (Å²) in [5, 5.41) is 3.45. The average molecular weight is 147 g/mol. The fraction of sp³-hybridized carbons (Fsp3) is 0.400. The lowest BCUT2D eigenvalue weighted by atomic mass is 9.92. The van der Waals surface area contributed by atoms with Crippen LogP contribution < -0.4 is 5.32 Å². The fourth-order valence-corrected chi connectivity index (χ4v) is 1.77. The number of rotatable bonds is 0. The maximum Gasteiger partial charge on any atom is 0.0545 e. The molecule has 1 aliphatic carbocycles. The molecule has 0 radical (unpaired) electrons. The van der Waals surface area contributed by atoms with E-state index in [1.54, 1.807) is 0 Å². The lowest BCUT2D eigenvalue weighted by Crippen LogP contribution is -2.26. The van der Waals surface area contributed by atoms with Gasteiger partial charge in [0.15, 0.2) is 0 Å². The monoisotopic (exact) mass is 147 g/mol. The number of hydrogen-bond donors (Lipinski definition) is 1. The first-order valence-electron chi connectivity index (χ1n) is 4.08. The zero-order valence-electron chi connectivity index (χ0n) is 6.96. The van der Waals surface area contributed by atoms with E-state index in [1.165, 1.54) is 11.3 Å². The van der Waals surface area contributed by atoms with Gasteiger partial charge in [-0.15, -0.1) is 0 Å². The van der Waals surface area contributed by atoms with Crippen molar-refractivity contribution < 1.29 is 0 Å². The third kappa shape index (κ3) is 0.917. The zero-order chi connectivity index (χ0) is 7.84. The van der Waals surface area contributed by atoms with Crippen LogP contribution in [-0.4, -0.2) is 6.04 Å². The van der Waals surface area contributed by atoms with Crippen LogP contribution in [0.4, 0.5) is 0 Å². The quantitative estimate of drug-likeness (QED) is 0.552. The van der Waals surface area contributed by atoms with Gasteiger partial charge in [-0.05, 0) is 19.4 Å². The topological polar surface area (TPSA) is 12.0 Å². The summed E-state index contributed by atoms with van der Waals surface area (Å²) >= 11 is 0. The summed E-state index contributed by atoms with van der Waals surface area (Å²) in [4.78, 5) is 0. The second kappa shape index (κ2) is 2.26. The van der Waals surface area contributed by atoms with E-state index in [-0.39, 0.29) is 0 Å². The largest absolute Gasteiger partial charge is 0.381 e. The second-order valence-electron chi connectivity index (χ2n) is 3.27. The minimum atomic E-state index is 0.528. The third-order valence-electron chi connectivity index (χ3n) is 2.61. The van der Waals surface area contributed by atoms with E-state index in [9.17, 15) is 0 Å². The van der Waals surface area contributed by atoms with Crippen LogP contribution in [0.1, 0.15) is 13.8 Å². The van der Waals surface area contributed by atoms with Gasteiger partial charge in [-0.2, -0.15) is 0 Å². The summed E-state index contributed by atoms with van der Waals surface area (Å²) in [6.07, 6.45) is 8.74. The van der Waals surface area contributed by atoms with E-state index in [0.717, 1.165) is 0 Å². The predicted molar refractivity (Wildman–Crippen MR) is 47.1 cm³/mol. The van der Waals surface area contributed by atoms with Gasteiger partial charge in [0, 0.05) is 11.6 Å². The van der Waals surface area contributed by atoms with Crippen LogP contribution in [-0.2, 0) is 0 Å². The van der Waals surface area contributed by atoms with Gasteiger partial charge in [-0.3, -0.25) is 0 Å². The molecule has 0 saturated carbocycles. The molecule has 0 spiro atoms. The maximum atomic E-state index is 3.45. The van der Waals surface area contributed by atoms with Crippen LogP contribution >= 0.6 is 0 Å². The molecule has 1 heteroatoms. The smallest absolute Gasteiger partial charge is 0.0545 e. The minimum Gasteiger partial charge on any atom is -0.381 e. The van der Waals surface area contributed by atoms with E-state index in [2.05, 4.69) is 43.5 Å². The SMILES string of the molecule is CC1=C(C)C2C=CC=CC2N1. The first-order valence-corrected chi connectivity index (χ1v) is 4.08. The van der Waals surface area contributed by atoms with Crippen LogP contribution in [0.15, 0.2) is 35.6 Å². The first-order chi connectivity index (χ1) is 5.29. The molecule has 0 aromatic carbocycles. The molecule has 2 aliphatic rings. The Balaban J connectivity index is 2.32. The van der Waals surface area contributed by atoms with Crippen molar-refractivity contribution in [2.75, 3.05) is 0 Å². The second-order valence-corrected chi connectivity index (χ2v) is 3.27. The van der Waals surface area contributed by atoms with Gasteiger partial charge in [0.25, 0.3) is 0 Å². The zero-order valence-corrected chi connectivity index (χ0v) is 6.96. The molecule has 1 N–H and O–H groups in total. The normalized spacial score (nSPS) is 34.0. The summed E-state index contributed by atoms with van der Waals surface area (Å²) in [5.41, 5.74) is 2.83. The van der Waals surface area contributed by atoms with Gasteiger partial charge in [-0.25, -0.2) is 0 Å². The summed E-state index contributed by atoms with van der Waals surface area (Å²) in [6, 6.07) is 0.528. The number of nitrogens with one attached hydrogen (secondary N) is 1. The van der Waals surface area contributed by atoms with Gasteiger partial charge in [0.05, 0.1) is 6.04 Å². The van der Waals surface area contributed by atoms with E-state index >= 15 is 0 Å². The summed E-state index contributed by atoms with van der Waals surface area (Å²) in [7, 11) is 0. The van der Waals surface area contributed by atoms with Crippen LogP contribution in [0.5, 0.6) is 0 Å². The molecule has 0 amide bonds. The molecule has 0 saturated heterocycles. The Morgan fingerprint density at radius 3 is 2.64 bits per heavy atom. The van der Waals surface area contributed by atoms with Gasteiger partial charge in [0.2, 0.25) is 0 Å². The van der Waals surface area contributed by atoms with Gasteiger partial charge in [0.1, 0.15) is 0 Å². The molecule has 0 aromatic rings. The first kappa shape index (κ1) is 6.71. The molecule has 2 atom stereocenters. The molecule has 1 aliphatic heterocycles. The molecule has 11 heavy (non-hydrogen) atoms. The third-order valence-corrected chi connectivity index (χ3v) is 2.61. The Kier molecular flexibility index (Phi) is 1.38. The summed E-state index contributed by atoms with van der Waals surface area (Å²) in [6.45, 7) is 4.35. The summed E-state index contributed by atoms with van der Waals surface area (Å²) < 4.78 is 0. The summed E-state index contributed by atoms with van der Waals surface area (Å²) in [5.74, 6) is 0.611. The van der Waals surface area contributed by atoms with Crippen LogP contribution in [0.25, 0.3) is 0 Å². The highest BCUT2D eigenvalue weighted by Crippen LogP contribution is 2.28. The van der Waals surface area contributed by atoms with Crippen molar-refractivity contribution >= 4 is 0 Å². The Hall–Kier alpha value is -0.980. The molecule has 0 aromatic heterocycles. The van der Waals surface area contributed by atoms with Crippen LogP contribution in [0.2, 0.25) is 0 Å². The molecule has 1 nitrogen and oxygen atoms in total. The Morgan fingerprint density at radius 2 is 1.91 bits per heavy atom. The lowest BCUT2D eigenvalue weighted by molar-refractivity contribution is 0.625. The molecule has 1 heterocycles. The van der Waals surface area contributed by atoms with Crippen LogP contribution in [0.3, 0.4) is 0 Å². The maximum absolute atomic E-state index is 3.45. The highest BCUT2D eigenvalue weighted by atomic mass is 15.0. The standard InChI is InChI=1S/C10H13N/c1-7-8(2)11-10-6-4-3-5-9(7)10/h3-6,9-11H,1-2H3. The Bertz CT molecular complexity index is 258. The van der Waals surface area contributed by atoms with Crippen LogP contribution in [0, 0.1) is 5.92 Å². The van der Waals surface area contributed by atoms with Crippen molar-refractivity contribution in [2.24, 2.45) is 5.92 Å². The van der Waals surface area contributed by atoms with Gasteiger partial charge >= 0.3 is 0 Å². The number of allylic oxidation sites excluding steroid dienone is 3. The lowest BCUT2D eigenvalue weighted by Gasteiger charge is -2.16. The number of hydrogen-bond acceptors (Lipinski definition) is 1. The minimum absolute atomic E-state index is 0.528. The molecule has 2 rings (SSSR count). The van der Waals surface area contributed by atoms with Crippen molar-refractivity contribution in [3.8, 4) is 0 Å². The van der Waals surface area contributed by atoms with Gasteiger partial charge in [-0.1, -0.05) is 24.3 Å². The molecular weight excluding hydrogens is 134 g/mol. The van der Waals surface area contributed by atoms with E-state index in [1.807, 2.05) is 0 Å². The van der Waals surface area contributed by atoms with Crippen molar-refractivity contribution in [3.05, 3.63) is 35.6 Å². The van der Waals surface area contributed by atoms with E-state index in [0.29, 0.717) is 12.0 Å². The van der Waals surface area contributed by atoms with Gasteiger partial charge < -0.3 is 5.32 Å². The van der Waals surface area contributed by atoms with Crippen molar-refractivity contribution in [1.29, 1.82) is 0 Å². The Labute approximate surface area is 67.5 Å². The van der Waals surface area contributed by atoms with E-state index in [4.69, 9.17) is 0 Å². The van der Waals surface area contributed by atoms with Crippen molar-refractivity contribution in [1.82, 2.24) is 5.32 Å². The predicted octanol–water partition coefficient (Wildman–Crippen LogP) is 1.99. The molecule has 2 unspecified atom stereocenters. The molecular formula is C10H13N. The highest BCUT2D eigenvalue weighted by molar-refractivity contribution is 5.33. The molecule has 0 fully saturated rings. The Morgan fingerprint density at radius 1 is 1.18 bits per heavy atom. The number of fused-ring (bicyclic) bond motifs is 1. The fourth-order valence-electron chi connectivity index (χ4n) is 1.77. The highest BCUT2D eigenvalue weighted by Gasteiger charge is 2.26. The van der Waals surface area contributed by atoms with Crippen molar-refractivity contribution in [2.45, 2.75) is 19.9 Å². The van der Waals surface area contributed by atoms with Crippen molar-refractivity contribution in [3.63, 3.8) is 0 Å². The molecule has 58 valence electrons. The molecule has 0 bridgehead atoms. The average Bonchev–Trinajstić information content (AvgIpc) is 2.30. The van der Waals surface area contributed by atoms with E-state index < -0.39 is 0 Å².